The van der Waals surface area contributed by atoms with E-state index in [1.165, 1.54) is 12.8 Å². The number of hydrogen-bond acceptors (Lipinski definition) is 0. The first-order chi connectivity index (χ1) is 2.81. The van der Waals surface area contributed by atoms with Crippen LogP contribution >= 0.6 is 0 Å². The third kappa shape index (κ3) is 6.60. The minimum Gasteiger partial charge on any atom is -1.00 e. The fourth-order valence-electron chi connectivity index (χ4n) is 0.289. The summed E-state index contributed by atoms with van der Waals surface area (Å²) < 4.78 is 0. The van der Waals surface area contributed by atoms with E-state index in [1.54, 1.807) is 0 Å². The normalized spacial score (nSPS) is 8.57. The molecule has 0 bridgehead atoms. The maximum absolute atomic E-state index is 2.28. The quantitative estimate of drug-likeness (QED) is 0.407. The molecule has 0 aromatic heterocycles. The third-order valence-electron chi connectivity index (χ3n) is 1.39. The second kappa shape index (κ2) is 6.60. The van der Waals surface area contributed by atoms with Crippen LogP contribution in [0.3, 0.4) is 0 Å². The second-order valence-electron chi connectivity index (χ2n) is 1.92. The molecule has 0 radical (unpaired) electrons. The molecule has 0 atom stereocenters. The van der Waals surface area contributed by atoms with Gasteiger partial charge < -0.3 is 1.43 Å². The molecule has 0 aliphatic rings. The van der Waals surface area contributed by atoms with Gasteiger partial charge in [0.15, 0.2) is 0 Å². The van der Waals surface area contributed by atoms with Crippen LogP contribution in [0.2, 0.25) is 0 Å². The Kier molecular flexibility index (Phi) is 9.95. The van der Waals surface area contributed by atoms with Crippen molar-refractivity contribution < 1.29 is 20.3 Å². The van der Waals surface area contributed by atoms with Crippen molar-refractivity contribution >= 4 is 0 Å². The summed E-state index contributed by atoms with van der Waals surface area (Å²) in [7, 11) is 0. The summed E-state index contributed by atoms with van der Waals surface area (Å²) in [4.78, 5) is 0. The molecule has 0 aromatic rings. The Morgan fingerprint density at radius 2 is 1.57 bits per heavy atom. The van der Waals surface area contributed by atoms with Gasteiger partial charge in [0.1, 0.15) is 0 Å². The van der Waals surface area contributed by atoms with Crippen LogP contribution in [-0.2, 0) is 0 Å². The van der Waals surface area contributed by atoms with E-state index in [1.807, 2.05) is 0 Å². The van der Waals surface area contributed by atoms with Crippen LogP contribution in [0.15, 0.2) is 0 Å². The van der Waals surface area contributed by atoms with E-state index in [-0.39, 0.29) is 20.3 Å². The Balaban J connectivity index is -0.000000125. The van der Waals surface area contributed by atoms with E-state index in [4.69, 9.17) is 0 Å². The van der Waals surface area contributed by atoms with Crippen LogP contribution < -0.4 is 18.9 Å². The molecule has 0 rings (SSSR count). The van der Waals surface area contributed by atoms with E-state index in [2.05, 4.69) is 20.8 Å². The van der Waals surface area contributed by atoms with Crippen molar-refractivity contribution in [2.75, 3.05) is 0 Å². The van der Waals surface area contributed by atoms with Crippen LogP contribution in [0, 0.1) is 5.92 Å². The topological polar surface area (TPSA) is 0 Å². The molecule has 0 saturated heterocycles. The van der Waals surface area contributed by atoms with Gasteiger partial charge >= 0.3 is 18.9 Å². The predicted molar refractivity (Wildman–Crippen MR) is 30.9 cm³/mol. The van der Waals surface area contributed by atoms with Crippen molar-refractivity contribution in [1.82, 2.24) is 0 Å². The average Bonchev–Trinajstić information content (AvgIpc) is 1.65. The first-order valence-electron chi connectivity index (χ1n) is 2.81. The first-order valence-corrected chi connectivity index (χ1v) is 2.81. The minimum absolute atomic E-state index is 0. The zero-order valence-corrected chi connectivity index (χ0v) is 5.99. The Morgan fingerprint density at radius 1 is 1.29 bits per heavy atom. The zero-order chi connectivity index (χ0) is 4.99. The molecule has 40 valence electrons. The molecule has 0 amide bonds. The summed E-state index contributed by atoms with van der Waals surface area (Å²) in [6.07, 6.45) is 2.66. The van der Waals surface area contributed by atoms with E-state index in [9.17, 15) is 0 Å². The molecule has 7 heavy (non-hydrogen) atoms. The molecular formula is C6H15Li. The Labute approximate surface area is 60.3 Å². The molecular weight excluding hydrogens is 79.0 g/mol. The third-order valence-corrected chi connectivity index (χ3v) is 1.39. The molecule has 0 saturated carbocycles. The van der Waals surface area contributed by atoms with Gasteiger partial charge in [-0.05, 0) is 5.92 Å². The summed E-state index contributed by atoms with van der Waals surface area (Å²) in [6, 6.07) is 0. The fraction of sp³-hybridized carbons (Fsp3) is 1.00. The largest absolute Gasteiger partial charge is 1.00 e. The van der Waals surface area contributed by atoms with E-state index >= 15 is 0 Å². The SMILES string of the molecule is CCC(C)CC.[H-].[Li+]. The second-order valence-corrected chi connectivity index (χ2v) is 1.92. The summed E-state index contributed by atoms with van der Waals surface area (Å²) in [6.45, 7) is 6.74. The van der Waals surface area contributed by atoms with Crippen LogP contribution in [0.25, 0.3) is 0 Å². The smallest absolute Gasteiger partial charge is 1.00 e. The molecule has 0 unspecified atom stereocenters. The first kappa shape index (κ1) is 10.6. The molecule has 0 fully saturated rings. The van der Waals surface area contributed by atoms with Gasteiger partial charge in [-0.1, -0.05) is 33.6 Å². The van der Waals surface area contributed by atoms with E-state index < -0.39 is 0 Å². The monoisotopic (exact) mass is 94.1 g/mol. The summed E-state index contributed by atoms with van der Waals surface area (Å²) in [5, 5.41) is 0. The maximum atomic E-state index is 2.28. The fourth-order valence-corrected chi connectivity index (χ4v) is 0.289. The van der Waals surface area contributed by atoms with Crippen molar-refractivity contribution in [3.05, 3.63) is 0 Å². The molecule has 1 heteroatoms. The van der Waals surface area contributed by atoms with Gasteiger partial charge in [0, 0.05) is 0 Å². The van der Waals surface area contributed by atoms with E-state index in [0.29, 0.717) is 0 Å². The van der Waals surface area contributed by atoms with Gasteiger partial charge in [0.25, 0.3) is 0 Å². The number of hydrogen-bond donors (Lipinski definition) is 0. The maximum Gasteiger partial charge on any atom is 1.00 e. The molecule has 0 N–H and O–H groups in total. The standard InChI is InChI=1S/C6H14.Li.H/c1-4-6(3)5-2;;/h6H,4-5H2,1-3H3;;/q;+1;-1. The van der Waals surface area contributed by atoms with Crippen molar-refractivity contribution in [2.24, 2.45) is 5.92 Å². The molecule has 0 aliphatic carbocycles. The van der Waals surface area contributed by atoms with Crippen molar-refractivity contribution in [3.8, 4) is 0 Å². The Hall–Kier alpha value is 0.597. The van der Waals surface area contributed by atoms with Gasteiger partial charge in [-0.3, -0.25) is 0 Å². The van der Waals surface area contributed by atoms with E-state index in [0.717, 1.165) is 5.92 Å². The van der Waals surface area contributed by atoms with Crippen LogP contribution in [0.1, 0.15) is 35.0 Å². The number of rotatable bonds is 2. The Morgan fingerprint density at radius 3 is 1.57 bits per heavy atom. The predicted octanol–water partition coefficient (Wildman–Crippen LogP) is -0.441. The summed E-state index contributed by atoms with van der Waals surface area (Å²) in [5.41, 5.74) is 0. The van der Waals surface area contributed by atoms with Crippen LogP contribution in [-0.4, -0.2) is 0 Å². The Bertz CT molecular complexity index is 27.7. The van der Waals surface area contributed by atoms with Crippen LogP contribution in [0.4, 0.5) is 0 Å². The van der Waals surface area contributed by atoms with Crippen molar-refractivity contribution in [3.63, 3.8) is 0 Å². The molecule has 0 heterocycles. The van der Waals surface area contributed by atoms with Crippen molar-refractivity contribution in [2.45, 2.75) is 33.6 Å². The minimum atomic E-state index is 0. The average molecular weight is 94.1 g/mol. The van der Waals surface area contributed by atoms with Gasteiger partial charge in [-0.25, -0.2) is 0 Å². The van der Waals surface area contributed by atoms with Gasteiger partial charge in [0.2, 0.25) is 0 Å². The molecule has 0 aliphatic heterocycles. The van der Waals surface area contributed by atoms with Gasteiger partial charge in [0.05, 0.1) is 0 Å². The van der Waals surface area contributed by atoms with Gasteiger partial charge in [-0.15, -0.1) is 0 Å². The molecule has 0 aromatic carbocycles. The van der Waals surface area contributed by atoms with Gasteiger partial charge in [-0.2, -0.15) is 0 Å². The molecule has 0 spiro atoms. The zero-order valence-electron chi connectivity index (χ0n) is 6.99. The van der Waals surface area contributed by atoms with Crippen LogP contribution in [0.5, 0.6) is 0 Å². The van der Waals surface area contributed by atoms with Crippen molar-refractivity contribution in [1.29, 1.82) is 0 Å². The summed E-state index contributed by atoms with van der Waals surface area (Å²) >= 11 is 0. The molecule has 0 nitrogen and oxygen atoms in total. The summed E-state index contributed by atoms with van der Waals surface area (Å²) in [5.74, 6) is 0.935.